The van der Waals surface area contributed by atoms with E-state index in [0.29, 0.717) is 29.6 Å². The Hall–Kier alpha value is -3.45. The monoisotopic (exact) mass is 424 g/mol. The Kier molecular flexibility index (Phi) is 3.70. The fourth-order valence-electron chi connectivity index (χ4n) is 5.58. The van der Waals surface area contributed by atoms with Gasteiger partial charge in [0.1, 0.15) is 11.6 Å². The van der Waals surface area contributed by atoms with Crippen LogP contribution in [-0.2, 0) is 12.8 Å². The molecular formula is C25H24N6O. The van der Waals surface area contributed by atoms with Gasteiger partial charge in [-0.05, 0) is 53.2 Å². The molecule has 7 nitrogen and oxygen atoms in total. The van der Waals surface area contributed by atoms with E-state index in [-0.39, 0.29) is 0 Å². The van der Waals surface area contributed by atoms with Gasteiger partial charge in [0.05, 0.1) is 17.6 Å². The van der Waals surface area contributed by atoms with Crippen LogP contribution in [0.4, 0.5) is 11.5 Å². The predicted octanol–water partition coefficient (Wildman–Crippen LogP) is 3.24. The number of aromatic nitrogens is 3. The Balaban J connectivity index is 1.31. The molecule has 7 rings (SSSR count). The molecule has 2 atom stereocenters. The SMILES string of the molecule is CNc1cccc2c1Cc1nc(Oc3cnc4c(c3)CC=C4)nc(N3CC4C(N)C4C3)c1-2. The number of rotatable bonds is 4. The minimum absolute atomic E-state index is 0.339. The molecular weight excluding hydrogens is 400 g/mol. The van der Waals surface area contributed by atoms with E-state index in [4.69, 9.17) is 20.4 Å². The molecule has 3 heterocycles. The summed E-state index contributed by atoms with van der Waals surface area (Å²) in [6, 6.07) is 9.15. The number of nitrogens with two attached hydrogens (primary N) is 1. The smallest absolute Gasteiger partial charge is 0.324 e. The van der Waals surface area contributed by atoms with Crippen molar-refractivity contribution in [3.63, 3.8) is 0 Å². The summed E-state index contributed by atoms with van der Waals surface area (Å²) >= 11 is 0. The maximum absolute atomic E-state index is 6.21. The molecule has 0 bridgehead atoms. The average Bonchev–Trinajstić information content (AvgIpc) is 3.30. The number of nitrogens with zero attached hydrogens (tertiary/aromatic N) is 4. The van der Waals surface area contributed by atoms with Crippen LogP contribution in [-0.4, -0.2) is 41.1 Å². The Morgan fingerprint density at radius 2 is 2.06 bits per heavy atom. The molecule has 1 saturated heterocycles. The van der Waals surface area contributed by atoms with Gasteiger partial charge in [0.2, 0.25) is 0 Å². The first-order valence-electron chi connectivity index (χ1n) is 11.2. The minimum atomic E-state index is 0.339. The van der Waals surface area contributed by atoms with Gasteiger partial charge in [0.15, 0.2) is 0 Å². The molecule has 2 aromatic heterocycles. The Morgan fingerprint density at radius 3 is 2.91 bits per heavy atom. The fourth-order valence-corrected chi connectivity index (χ4v) is 5.58. The minimum Gasteiger partial charge on any atom is -0.423 e. The van der Waals surface area contributed by atoms with Crippen LogP contribution in [0.15, 0.2) is 36.5 Å². The second-order valence-electron chi connectivity index (χ2n) is 9.14. The molecule has 3 aromatic rings. The lowest BCUT2D eigenvalue weighted by molar-refractivity contribution is 0.437. The van der Waals surface area contributed by atoms with Crippen LogP contribution in [0.2, 0.25) is 0 Å². The molecule has 3 N–H and O–H groups in total. The molecule has 7 heteroatoms. The van der Waals surface area contributed by atoms with Crippen LogP contribution >= 0.6 is 0 Å². The van der Waals surface area contributed by atoms with Gasteiger partial charge in [0.25, 0.3) is 0 Å². The van der Waals surface area contributed by atoms with Gasteiger partial charge >= 0.3 is 6.01 Å². The quantitative estimate of drug-likeness (QED) is 0.520. The van der Waals surface area contributed by atoms with Gasteiger partial charge in [0, 0.05) is 43.9 Å². The number of allylic oxidation sites excluding steroid dienone is 1. The summed E-state index contributed by atoms with van der Waals surface area (Å²) in [7, 11) is 1.96. The topological polar surface area (TPSA) is 89.2 Å². The normalized spacial score (nSPS) is 23.6. The fraction of sp³-hybridized carbons (Fsp3) is 0.320. The number of fused-ring (bicyclic) bond motifs is 5. The number of benzene rings is 1. The third kappa shape index (κ3) is 2.61. The number of hydrogen-bond acceptors (Lipinski definition) is 7. The zero-order chi connectivity index (χ0) is 21.4. The zero-order valence-electron chi connectivity index (χ0n) is 17.9. The van der Waals surface area contributed by atoms with E-state index >= 15 is 0 Å². The highest BCUT2D eigenvalue weighted by Gasteiger charge is 2.54. The molecule has 0 amide bonds. The van der Waals surface area contributed by atoms with Crippen molar-refractivity contribution in [3.8, 4) is 22.9 Å². The first kappa shape index (κ1) is 18.2. The molecule has 1 aliphatic heterocycles. The second kappa shape index (κ2) is 6.53. The van der Waals surface area contributed by atoms with Crippen molar-refractivity contribution in [1.29, 1.82) is 0 Å². The summed E-state index contributed by atoms with van der Waals surface area (Å²) in [5.41, 5.74) is 14.2. The van der Waals surface area contributed by atoms with Crippen molar-refractivity contribution in [3.05, 3.63) is 59.1 Å². The highest BCUT2D eigenvalue weighted by atomic mass is 16.5. The summed E-state index contributed by atoms with van der Waals surface area (Å²) in [4.78, 5) is 16.7. The molecule has 4 aliphatic rings. The van der Waals surface area contributed by atoms with Crippen molar-refractivity contribution < 1.29 is 4.74 Å². The lowest BCUT2D eigenvalue weighted by Gasteiger charge is -2.23. The molecule has 2 unspecified atom stereocenters. The lowest BCUT2D eigenvalue weighted by atomic mass is 10.1. The van der Waals surface area contributed by atoms with Gasteiger partial charge in [-0.15, -0.1) is 0 Å². The zero-order valence-corrected chi connectivity index (χ0v) is 17.9. The molecule has 160 valence electrons. The maximum atomic E-state index is 6.21. The third-order valence-electron chi connectivity index (χ3n) is 7.36. The maximum Gasteiger partial charge on any atom is 0.324 e. The van der Waals surface area contributed by atoms with E-state index in [1.54, 1.807) is 6.20 Å². The first-order valence-corrected chi connectivity index (χ1v) is 11.2. The van der Waals surface area contributed by atoms with Crippen molar-refractivity contribution in [2.75, 3.05) is 30.4 Å². The summed E-state index contributed by atoms with van der Waals surface area (Å²) in [6.07, 6.45) is 7.56. The number of nitrogens with one attached hydrogen (secondary N) is 1. The molecule has 1 saturated carbocycles. The number of hydrogen-bond donors (Lipinski definition) is 2. The van der Waals surface area contributed by atoms with Crippen LogP contribution in [0.25, 0.3) is 17.2 Å². The van der Waals surface area contributed by atoms with Crippen molar-refractivity contribution in [1.82, 2.24) is 15.0 Å². The average molecular weight is 425 g/mol. The van der Waals surface area contributed by atoms with Gasteiger partial charge in [-0.25, -0.2) is 0 Å². The van der Waals surface area contributed by atoms with Gasteiger partial charge in [-0.3, -0.25) is 4.98 Å². The Morgan fingerprint density at radius 1 is 1.19 bits per heavy atom. The molecule has 2 fully saturated rings. The number of pyridine rings is 1. The molecule has 3 aliphatic carbocycles. The van der Waals surface area contributed by atoms with Gasteiger partial charge in [-0.1, -0.05) is 18.2 Å². The Labute approximate surface area is 186 Å². The van der Waals surface area contributed by atoms with E-state index in [9.17, 15) is 0 Å². The number of anilines is 2. The van der Waals surface area contributed by atoms with Crippen molar-refractivity contribution in [2.24, 2.45) is 17.6 Å². The van der Waals surface area contributed by atoms with Gasteiger partial charge < -0.3 is 20.7 Å². The standard InChI is InChI=1S/C25H24N6O/c1-27-20-7-3-5-15-16(20)9-21-22(15)24(31-11-17-18(12-31)23(17)26)30-25(29-21)32-14-8-13-4-2-6-19(13)28-10-14/h2-3,5-8,10,17-18,23,27H,4,9,11-12,26H2,1H3. The summed E-state index contributed by atoms with van der Waals surface area (Å²) in [5, 5.41) is 3.33. The highest BCUT2D eigenvalue weighted by molar-refractivity contribution is 5.88. The van der Waals surface area contributed by atoms with Crippen molar-refractivity contribution >= 4 is 17.6 Å². The number of ether oxygens (including phenoxy) is 1. The van der Waals surface area contributed by atoms with Crippen LogP contribution in [0, 0.1) is 11.8 Å². The molecule has 0 radical (unpaired) electrons. The highest BCUT2D eigenvalue weighted by Crippen LogP contribution is 2.50. The summed E-state index contributed by atoms with van der Waals surface area (Å²) in [5.74, 6) is 2.79. The van der Waals surface area contributed by atoms with Crippen LogP contribution in [0.5, 0.6) is 11.8 Å². The van der Waals surface area contributed by atoms with Crippen molar-refractivity contribution in [2.45, 2.75) is 18.9 Å². The van der Waals surface area contributed by atoms with E-state index in [1.807, 2.05) is 19.2 Å². The van der Waals surface area contributed by atoms with Crippen LogP contribution in [0.1, 0.15) is 22.5 Å². The molecule has 1 aromatic carbocycles. The Bertz CT molecular complexity index is 1290. The lowest BCUT2D eigenvalue weighted by Crippen LogP contribution is -2.29. The third-order valence-corrected chi connectivity index (χ3v) is 7.36. The largest absolute Gasteiger partial charge is 0.423 e. The summed E-state index contributed by atoms with van der Waals surface area (Å²) in [6.45, 7) is 1.89. The van der Waals surface area contributed by atoms with E-state index < -0.39 is 0 Å². The first-order chi connectivity index (χ1) is 15.7. The van der Waals surface area contributed by atoms with E-state index in [0.717, 1.165) is 54.4 Å². The van der Waals surface area contributed by atoms with Gasteiger partial charge in [-0.2, -0.15) is 9.97 Å². The van der Waals surface area contributed by atoms with Crippen LogP contribution < -0.4 is 20.7 Å². The second-order valence-corrected chi connectivity index (χ2v) is 9.14. The molecule has 0 spiro atoms. The van der Waals surface area contributed by atoms with Crippen LogP contribution in [0.3, 0.4) is 0 Å². The van der Waals surface area contributed by atoms with E-state index in [1.165, 1.54) is 16.7 Å². The number of piperidine rings is 1. The summed E-state index contributed by atoms with van der Waals surface area (Å²) < 4.78 is 6.16. The predicted molar refractivity (Wildman–Crippen MR) is 124 cm³/mol. The molecule has 32 heavy (non-hydrogen) atoms. The van der Waals surface area contributed by atoms with E-state index in [2.05, 4.69) is 39.5 Å².